The van der Waals surface area contributed by atoms with E-state index in [0.717, 1.165) is 0 Å². The Bertz CT molecular complexity index is 709. The van der Waals surface area contributed by atoms with Crippen LogP contribution in [0.3, 0.4) is 0 Å². The molecule has 2 aromatic rings. The van der Waals surface area contributed by atoms with Gasteiger partial charge < -0.3 is 24.1 Å². The number of Topliss-reactive ketones (excluding diaryl/α,β-unsaturated/α-hetero) is 1. The van der Waals surface area contributed by atoms with Crippen LogP contribution in [0.4, 0.5) is 0 Å². The first-order valence-corrected chi connectivity index (χ1v) is 7.67. The van der Waals surface area contributed by atoms with Crippen LogP contribution in [0.25, 0.3) is 0 Å². The van der Waals surface area contributed by atoms with Crippen LogP contribution in [0.2, 0.25) is 0 Å². The number of hydrogen-bond acceptors (Lipinski definition) is 6. The number of carbonyl (C=O) groups is 1. The molecule has 0 aliphatic carbocycles. The zero-order valence-corrected chi connectivity index (χ0v) is 14.7. The summed E-state index contributed by atoms with van der Waals surface area (Å²) in [4.78, 5) is 13.3. The number of ether oxygens (including phenoxy) is 4. The number of methoxy groups -OCH3 is 4. The zero-order chi connectivity index (χ0) is 18.4. The van der Waals surface area contributed by atoms with E-state index in [1.54, 1.807) is 18.2 Å². The van der Waals surface area contributed by atoms with Gasteiger partial charge >= 0.3 is 0 Å². The summed E-state index contributed by atoms with van der Waals surface area (Å²) in [5, 5.41) is 10.4. The third kappa shape index (κ3) is 3.92. The molecule has 6 heteroatoms. The Kier molecular flexibility index (Phi) is 6.38. The molecule has 134 valence electrons. The molecular formula is C19H22O6. The summed E-state index contributed by atoms with van der Waals surface area (Å²) < 4.78 is 21.0. The fourth-order valence-electron chi connectivity index (χ4n) is 2.72. The van der Waals surface area contributed by atoms with Gasteiger partial charge in [0.2, 0.25) is 0 Å². The maximum Gasteiger partial charge on any atom is 0.182 e. The summed E-state index contributed by atoms with van der Waals surface area (Å²) in [5.74, 6) is -0.777. The molecule has 0 fully saturated rings. The lowest BCUT2D eigenvalue weighted by Crippen LogP contribution is -2.30. The molecule has 0 saturated heterocycles. The first-order valence-electron chi connectivity index (χ1n) is 7.67. The van der Waals surface area contributed by atoms with Crippen molar-refractivity contribution in [1.29, 1.82) is 0 Å². The predicted molar refractivity (Wildman–Crippen MR) is 92.5 cm³/mol. The number of aromatic hydroxyl groups is 1. The molecule has 2 rings (SSSR count). The minimum atomic E-state index is -0.818. The normalized spacial score (nSPS) is 12.0. The Balaban J connectivity index is 2.57. The van der Waals surface area contributed by atoms with Crippen molar-refractivity contribution in [3.8, 4) is 17.2 Å². The second-order valence-corrected chi connectivity index (χ2v) is 5.32. The number of rotatable bonds is 8. The summed E-state index contributed by atoms with van der Waals surface area (Å²) >= 11 is 0. The van der Waals surface area contributed by atoms with Gasteiger partial charge in [-0.05, 0) is 5.56 Å². The Morgan fingerprint density at radius 1 is 0.960 bits per heavy atom. The van der Waals surface area contributed by atoms with Crippen molar-refractivity contribution in [1.82, 2.24) is 0 Å². The van der Waals surface area contributed by atoms with E-state index in [2.05, 4.69) is 0 Å². The van der Waals surface area contributed by atoms with Gasteiger partial charge in [0, 0.05) is 26.4 Å². The molecule has 0 radical (unpaired) electrons. The molecular weight excluding hydrogens is 324 g/mol. The van der Waals surface area contributed by atoms with Gasteiger partial charge in [-0.15, -0.1) is 0 Å². The highest BCUT2D eigenvalue weighted by Crippen LogP contribution is 2.38. The number of benzene rings is 2. The van der Waals surface area contributed by atoms with E-state index in [1.807, 2.05) is 18.2 Å². The molecule has 25 heavy (non-hydrogen) atoms. The molecule has 0 bridgehead atoms. The van der Waals surface area contributed by atoms with Crippen LogP contribution in [0.1, 0.15) is 21.8 Å². The smallest absolute Gasteiger partial charge is 0.182 e. The largest absolute Gasteiger partial charge is 0.507 e. The fourth-order valence-corrected chi connectivity index (χ4v) is 2.72. The SMILES string of the molecule is COc1cc(O)c(C(=O)C(c2ccccc2)C(OC)OC)c(OC)c1. The first kappa shape index (κ1) is 18.8. The average molecular weight is 346 g/mol. The molecule has 0 aromatic heterocycles. The van der Waals surface area contributed by atoms with Crippen molar-refractivity contribution in [3.05, 3.63) is 53.6 Å². The maximum atomic E-state index is 13.3. The van der Waals surface area contributed by atoms with Gasteiger partial charge in [0.1, 0.15) is 22.8 Å². The van der Waals surface area contributed by atoms with Crippen LogP contribution >= 0.6 is 0 Å². The van der Waals surface area contributed by atoms with Crippen LogP contribution in [0.5, 0.6) is 17.2 Å². The number of ketones is 1. The summed E-state index contributed by atoms with van der Waals surface area (Å²) in [6, 6.07) is 12.0. The minimum absolute atomic E-state index is 0.0521. The maximum absolute atomic E-state index is 13.3. The van der Waals surface area contributed by atoms with E-state index in [1.165, 1.54) is 34.5 Å². The summed E-state index contributed by atoms with van der Waals surface area (Å²) in [7, 11) is 5.81. The molecule has 0 aliphatic heterocycles. The molecule has 6 nitrogen and oxygen atoms in total. The molecule has 0 aliphatic rings. The number of hydrogen-bond donors (Lipinski definition) is 1. The van der Waals surface area contributed by atoms with E-state index in [-0.39, 0.29) is 22.8 Å². The molecule has 1 unspecified atom stereocenters. The van der Waals surface area contributed by atoms with Gasteiger partial charge in [-0.25, -0.2) is 0 Å². The lowest BCUT2D eigenvalue weighted by atomic mass is 9.89. The number of phenolic OH excluding ortho intramolecular Hbond substituents is 1. The van der Waals surface area contributed by atoms with Crippen LogP contribution in [0.15, 0.2) is 42.5 Å². The van der Waals surface area contributed by atoms with Crippen molar-refractivity contribution in [2.45, 2.75) is 12.2 Å². The quantitative estimate of drug-likeness (QED) is 0.585. The Hall–Kier alpha value is -2.57. The number of carbonyl (C=O) groups excluding carboxylic acids is 1. The third-order valence-corrected chi connectivity index (χ3v) is 3.93. The van der Waals surface area contributed by atoms with Crippen LogP contribution in [-0.2, 0) is 9.47 Å². The highest BCUT2D eigenvalue weighted by Gasteiger charge is 2.34. The van der Waals surface area contributed by atoms with E-state index in [0.29, 0.717) is 11.3 Å². The zero-order valence-electron chi connectivity index (χ0n) is 14.7. The molecule has 1 atom stereocenters. The summed E-state index contributed by atoms with van der Waals surface area (Å²) in [6.07, 6.45) is -0.818. The molecule has 1 N–H and O–H groups in total. The van der Waals surface area contributed by atoms with Crippen molar-refractivity contribution in [2.24, 2.45) is 0 Å². The molecule has 0 spiro atoms. The van der Waals surface area contributed by atoms with Gasteiger partial charge in [0.05, 0.1) is 20.1 Å². The van der Waals surface area contributed by atoms with Crippen molar-refractivity contribution in [3.63, 3.8) is 0 Å². The topological polar surface area (TPSA) is 74.2 Å². The van der Waals surface area contributed by atoms with Gasteiger partial charge in [0.15, 0.2) is 12.1 Å². The average Bonchev–Trinajstić information content (AvgIpc) is 2.65. The van der Waals surface area contributed by atoms with Crippen LogP contribution in [-0.4, -0.2) is 45.6 Å². The Morgan fingerprint density at radius 2 is 1.60 bits per heavy atom. The van der Waals surface area contributed by atoms with Crippen molar-refractivity contribution in [2.75, 3.05) is 28.4 Å². The van der Waals surface area contributed by atoms with E-state index in [9.17, 15) is 9.90 Å². The molecule has 0 amide bonds. The van der Waals surface area contributed by atoms with Crippen molar-refractivity contribution < 1.29 is 28.8 Å². The molecule has 2 aromatic carbocycles. The minimum Gasteiger partial charge on any atom is -0.507 e. The fraction of sp³-hybridized carbons (Fsp3) is 0.316. The van der Waals surface area contributed by atoms with Gasteiger partial charge in [-0.1, -0.05) is 30.3 Å². The van der Waals surface area contributed by atoms with Crippen molar-refractivity contribution >= 4 is 5.78 Å². The number of phenols is 1. The summed E-state index contributed by atoms with van der Waals surface area (Å²) in [6.45, 7) is 0. The lowest BCUT2D eigenvalue weighted by molar-refractivity contribution is -0.110. The standard InChI is InChI=1S/C19H22O6/c1-22-13-10-14(20)17(15(11-13)23-2)18(21)16(19(24-3)25-4)12-8-6-5-7-9-12/h5-11,16,19-20H,1-4H3. The predicted octanol–water partition coefficient (Wildman–Crippen LogP) is 2.99. The third-order valence-electron chi connectivity index (χ3n) is 3.93. The lowest BCUT2D eigenvalue weighted by Gasteiger charge is -2.25. The Labute approximate surface area is 146 Å². The van der Waals surface area contributed by atoms with Gasteiger partial charge in [0.25, 0.3) is 0 Å². The highest BCUT2D eigenvalue weighted by atomic mass is 16.7. The second-order valence-electron chi connectivity index (χ2n) is 5.32. The van der Waals surface area contributed by atoms with Crippen LogP contribution < -0.4 is 9.47 Å². The highest BCUT2D eigenvalue weighted by molar-refractivity contribution is 6.05. The Morgan fingerprint density at radius 3 is 2.12 bits per heavy atom. The monoisotopic (exact) mass is 346 g/mol. The van der Waals surface area contributed by atoms with E-state index >= 15 is 0 Å². The van der Waals surface area contributed by atoms with E-state index in [4.69, 9.17) is 18.9 Å². The van der Waals surface area contributed by atoms with E-state index < -0.39 is 12.2 Å². The van der Waals surface area contributed by atoms with Gasteiger partial charge in [-0.3, -0.25) is 4.79 Å². The first-order chi connectivity index (χ1) is 12.1. The second kappa shape index (κ2) is 8.50. The molecule has 0 heterocycles. The van der Waals surface area contributed by atoms with Gasteiger partial charge in [-0.2, -0.15) is 0 Å². The molecule has 0 saturated carbocycles. The summed E-state index contributed by atoms with van der Waals surface area (Å²) in [5.41, 5.74) is 0.759. The van der Waals surface area contributed by atoms with Crippen LogP contribution in [0, 0.1) is 0 Å².